The van der Waals surface area contributed by atoms with Crippen LogP contribution in [-0.2, 0) is 11.2 Å². The Morgan fingerprint density at radius 3 is 2.75 bits per heavy atom. The maximum Gasteiger partial charge on any atom is 0.254 e. The summed E-state index contributed by atoms with van der Waals surface area (Å²) in [5, 5.41) is 4.25. The Kier molecular flexibility index (Phi) is 6.31. The van der Waals surface area contributed by atoms with Crippen LogP contribution in [0.3, 0.4) is 0 Å². The Morgan fingerprint density at radius 1 is 1.25 bits per heavy atom. The van der Waals surface area contributed by atoms with Gasteiger partial charge in [-0.25, -0.2) is 9.50 Å². The molecule has 0 aromatic carbocycles. The van der Waals surface area contributed by atoms with Crippen LogP contribution in [0.4, 0.5) is 0 Å². The van der Waals surface area contributed by atoms with Crippen molar-refractivity contribution in [3.8, 4) is 0 Å². The molecule has 1 saturated heterocycles. The van der Waals surface area contributed by atoms with Crippen molar-refractivity contribution in [1.82, 2.24) is 19.5 Å². The zero-order chi connectivity index (χ0) is 20.3. The molecule has 1 aliphatic rings. The zero-order valence-corrected chi connectivity index (χ0v) is 17.2. The molecule has 7 nitrogen and oxygen atoms in total. The van der Waals surface area contributed by atoms with Crippen LogP contribution in [0, 0.1) is 19.8 Å². The van der Waals surface area contributed by atoms with Gasteiger partial charge in [-0.3, -0.25) is 9.59 Å². The van der Waals surface area contributed by atoms with E-state index in [4.69, 9.17) is 5.73 Å². The van der Waals surface area contributed by atoms with E-state index in [1.54, 1.807) is 4.52 Å². The van der Waals surface area contributed by atoms with Crippen LogP contribution in [0.5, 0.6) is 0 Å². The minimum Gasteiger partial charge on any atom is -0.365 e. The van der Waals surface area contributed by atoms with Crippen molar-refractivity contribution in [3.63, 3.8) is 0 Å². The smallest absolute Gasteiger partial charge is 0.254 e. The number of hydrogen-bond donors (Lipinski definition) is 1. The summed E-state index contributed by atoms with van der Waals surface area (Å²) in [4.78, 5) is 30.9. The van der Waals surface area contributed by atoms with Gasteiger partial charge in [0.1, 0.15) is 5.56 Å². The predicted octanol–water partition coefficient (Wildman–Crippen LogP) is 2.81. The first-order valence-corrected chi connectivity index (χ1v) is 10.3. The van der Waals surface area contributed by atoms with Gasteiger partial charge in [0, 0.05) is 30.9 Å². The molecule has 0 bridgehead atoms. The van der Waals surface area contributed by atoms with E-state index in [9.17, 15) is 9.59 Å². The zero-order valence-electron chi connectivity index (χ0n) is 17.2. The summed E-state index contributed by atoms with van der Waals surface area (Å²) < 4.78 is 1.65. The number of likely N-dealkylation sites (tertiary alicyclic amines) is 1. The molecule has 2 amide bonds. The number of aromatic nitrogens is 3. The molecule has 0 aliphatic carbocycles. The lowest BCUT2D eigenvalue weighted by molar-refractivity contribution is -0.131. The van der Waals surface area contributed by atoms with Crippen LogP contribution >= 0.6 is 0 Å². The Hall–Kier alpha value is -2.44. The van der Waals surface area contributed by atoms with Gasteiger partial charge >= 0.3 is 0 Å². The van der Waals surface area contributed by atoms with E-state index in [-0.39, 0.29) is 5.91 Å². The van der Waals surface area contributed by atoms with Crippen molar-refractivity contribution in [1.29, 1.82) is 0 Å². The molecule has 28 heavy (non-hydrogen) atoms. The van der Waals surface area contributed by atoms with E-state index >= 15 is 0 Å². The summed E-state index contributed by atoms with van der Waals surface area (Å²) in [6, 6.07) is 0. The van der Waals surface area contributed by atoms with Gasteiger partial charge in [0.25, 0.3) is 5.91 Å². The van der Waals surface area contributed by atoms with Crippen molar-refractivity contribution >= 4 is 17.5 Å². The molecular formula is C21H31N5O2. The fraction of sp³-hybridized carbons (Fsp3) is 0.619. The van der Waals surface area contributed by atoms with Crippen LogP contribution in [0.15, 0.2) is 6.20 Å². The summed E-state index contributed by atoms with van der Waals surface area (Å²) >= 11 is 0. The third-order valence-corrected chi connectivity index (χ3v) is 5.96. The van der Waals surface area contributed by atoms with Crippen LogP contribution in [0.1, 0.15) is 72.8 Å². The van der Waals surface area contributed by atoms with E-state index in [0.29, 0.717) is 24.1 Å². The van der Waals surface area contributed by atoms with E-state index in [1.165, 1.54) is 25.5 Å². The lowest BCUT2D eigenvalue weighted by atomic mass is 9.96. The molecule has 0 radical (unpaired) electrons. The number of fused-ring (bicyclic) bond motifs is 1. The van der Waals surface area contributed by atoms with Gasteiger partial charge in [0.05, 0.1) is 6.20 Å². The van der Waals surface area contributed by atoms with Crippen molar-refractivity contribution < 1.29 is 9.59 Å². The van der Waals surface area contributed by atoms with Gasteiger partial charge in [0.15, 0.2) is 5.65 Å². The summed E-state index contributed by atoms with van der Waals surface area (Å²) in [6.07, 6.45) is 8.49. The number of carbonyl (C=O) groups is 2. The second-order valence-electron chi connectivity index (χ2n) is 7.89. The van der Waals surface area contributed by atoms with E-state index in [1.807, 2.05) is 18.7 Å². The summed E-state index contributed by atoms with van der Waals surface area (Å²) in [6.45, 7) is 7.83. The van der Waals surface area contributed by atoms with Gasteiger partial charge in [-0.1, -0.05) is 19.8 Å². The quantitative estimate of drug-likeness (QED) is 0.827. The van der Waals surface area contributed by atoms with Crippen molar-refractivity contribution in [2.24, 2.45) is 11.7 Å². The number of nitrogens with two attached hydrogens (primary N) is 1. The molecule has 152 valence electrons. The summed E-state index contributed by atoms with van der Waals surface area (Å²) in [5.41, 5.74) is 8.94. The molecule has 7 heteroatoms. The number of amides is 2. The molecule has 3 rings (SSSR count). The monoisotopic (exact) mass is 385 g/mol. The highest BCUT2D eigenvalue weighted by Gasteiger charge is 2.21. The molecule has 1 atom stereocenters. The molecule has 2 N–H and O–H groups in total. The summed E-state index contributed by atoms with van der Waals surface area (Å²) in [7, 11) is 0. The molecule has 2 aromatic rings. The number of primary amides is 1. The second kappa shape index (κ2) is 8.71. The highest BCUT2D eigenvalue weighted by atomic mass is 16.2. The number of hydrogen-bond acceptors (Lipinski definition) is 4. The van der Waals surface area contributed by atoms with Gasteiger partial charge < -0.3 is 10.6 Å². The predicted molar refractivity (Wildman–Crippen MR) is 108 cm³/mol. The van der Waals surface area contributed by atoms with Crippen LogP contribution in [0.2, 0.25) is 0 Å². The first-order valence-electron chi connectivity index (χ1n) is 10.3. The minimum absolute atomic E-state index is 0.217. The number of rotatable bonds is 6. The van der Waals surface area contributed by atoms with Gasteiger partial charge in [-0.05, 0) is 51.0 Å². The fourth-order valence-corrected chi connectivity index (χ4v) is 4.35. The SMILES string of the molecule is CCCC1CCCN(C(=O)CCc2c(C)nc3c(C(N)=O)cnn3c2C)CC1. The maximum atomic E-state index is 12.8. The highest BCUT2D eigenvalue weighted by Crippen LogP contribution is 2.23. The molecule has 2 aromatic heterocycles. The van der Waals surface area contributed by atoms with Crippen LogP contribution < -0.4 is 5.73 Å². The Balaban J connectivity index is 1.69. The minimum atomic E-state index is -0.535. The van der Waals surface area contributed by atoms with Gasteiger partial charge in [-0.2, -0.15) is 5.10 Å². The van der Waals surface area contributed by atoms with Crippen molar-refractivity contribution in [2.75, 3.05) is 13.1 Å². The normalized spacial score (nSPS) is 17.7. The Bertz CT molecular complexity index is 873. The third kappa shape index (κ3) is 4.18. The molecule has 1 unspecified atom stereocenters. The summed E-state index contributed by atoms with van der Waals surface area (Å²) in [5.74, 6) is 0.444. The van der Waals surface area contributed by atoms with Gasteiger partial charge in [0.2, 0.25) is 5.91 Å². The van der Waals surface area contributed by atoms with Crippen LogP contribution in [0.25, 0.3) is 5.65 Å². The molecule has 0 spiro atoms. The highest BCUT2D eigenvalue weighted by molar-refractivity contribution is 5.98. The lowest BCUT2D eigenvalue weighted by Crippen LogP contribution is -2.32. The molecular weight excluding hydrogens is 354 g/mol. The van der Waals surface area contributed by atoms with Crippen LogP contribution in [-0.4, -0.2) is 44.4 Å². The lowest BCUT2D eigenvalue weighted by Gasteiger charge is -2.21. The first kappa shape index (κ1) is 20.3. The molecule has 1 aliphatic heterocycles. The topological polar surface area (TPSA) is 93.6 Å². The maximum absolute atomic E-state index is 12.8. The average Bonchev–Trinajstić information content (AvgIpc) is 2.93. The third-order valence-electron chi connectivity index (χ3n) is 5.96. The first-order chi connectivity index (χ1) is 13.4. The largest absolute Gasteiger partial charge is 0.365 e. The number of aryl methyl sites for hydroxylation is 2. The standard InChI is InChI=1S/C21H31N5O2/c1-4-6-16-7-5-11-25(12-10-16)19(27)9-8-17-14(2)24-21-18(20(22)28)13-23-26(21)15(17)3/h13,16H,4-12H2,1-3H3,(H2,22,28). The van der Waals surface area contributed by atoms with Crippen molar-refractivity contribution in [2.45, 2.75) is 65.7 Å². The van der Waals surface area contributed by atoms with Gasteiger partial charge in [-0.15, -0.1) is 0 Å². The van der Waals surface area contributed by atoms with E-state index < -0.39 is 5.91 Å². The van der Waals surface area contributed by atoms with E-state index in [0.717, 1.165) is 48.8 Å². The Labute approximate surface area is 166 Å². The number of nitrogens with zero attached hydrogens (tertiary/aromatic N) is 4. The Morgan fingerprint density at radius 2 is 2.04 bits per heavy atom. The average molecular weight is 386 g/mol. The molecule has 3 heterocycles. The number of carbonyl (C=O) groups excluding carboxylic acids is 2. The fourth-order valence-electron chi connectivity index (χ4n) is 4.35. The second-order valence-corrected chi connectivity index (χ2v) is 7.89. The molecule has 1 fully saturated rings. The molecule has 0 saturated carbocycles. The van der Waals surface area contributed by atoms with Crippen molar-refractivity contribution in [3.05, 3.63) is 28.7 Å². The van der Waals surface area contributed by atoms with E-state index in [2.05, 4.69) is 17.0 Å².